The van der Waals surface area contributed by atoms with E-state index in [-0.39, 0.29) is 17.4 Å². The molecule has 2 aromatic carbocycles. The summed E-state index contributed by atoms with van der Waals surface area (Å²) in [5.74, 6) is 0.259. The van der Waals surface area contributed by atoms with Crippen LogP contribution < -0.4 is 14.8 Å². The number of nitrogens with zero attached hydrogens (tertiary/aromatic N) is 1. The van der Waals surface area contributed by atoms with Crippen LogP contribution in [-0.4, -0.2) is 29.6 Å². The third kappa shape index (κ3) is 5.77. The van der Waals surface area contributed by atoms with E-state index in [1.807, 2.05) is 25.1 Å². The van der Waals surface area contributed by atoms with Gasteiger partial charge in [0.1, 0.15) is 11.5 Å². The van der Waals surface area contributed by atoms with Crippen molar-refractivity contribution < 1.29 is 27.4 Å². The van der Waals surface area contributed by atoms with Gasteiger partial charge in [0.05, 0.1) is 22.6 Å². The van der Waals surface area contributed by atoms with Crippen molar-refractivity contribution >= 4 is 44.9 Å². The Morgan fingerprint density at radius 3 is 2.57 bits per heavy atom. The van der Waals surface area contributed by atoms with Crippen LogP contribution >= 0.6 is 23.1 Å². The van der Waals surface area contributed by atoms with Gasteiger partial charge in [0.2, 0.25) is 5.91 Å². The van der Waals surface area contributed by atoms with Gasteiger partial charge in [-0.15, -0.1) is 24.5 Å². The number of hydrogen-bond acceptors (Lipinski definition) is 6. The van der Waals surface area contributed by atoms with Crippen molar-refractivity contribution in [3.05, 3.63) is 42.5 Å². The zero-order valence-corrected chi connectivity index (χ0v) is 16.2. The standard InChI is InChI=1S/C18H15F3N2O3S2/c1-2-25-13-7-8-14-15(9-13)28-17(23-14)27-10-16(24)22-11-3-5-12(6-4-11)26-18(19,20)21/h3-9H,2,10H2,1H3,(H,22,24). The molecule has 28 heavy (non-hydrogen) atoms. The molecule has 0 spiro atoms. The number of nitrogens with one attached hydrogen (secondary N) is 1. The number of fused-ring (bicyclic) bond motifs is 1. The summed E-state index contributed by atoms with van der Waals surface area (Å²) in [6.45, 7) is 2.49. The van der Waals surface area contributed by atoms with Crippen LogP contribution in [-0.2, 0) is 4.79 Å². The summed E-state index contributed by atoms with van der Waals surface area (Å²) in [7, 11) is 0. The molecule has 1 N–H and O–H groups in total. The first-order valence-corrected chi connectivity index (χ1v) is 9.94. The van der Waals surface area contributed by atoms with Gasteiger partial charge in [-0.3, -0.25) is 4.79 Å². The predicted molar refractivity (Wildman–Crippen MR) is 103 cm³/mol. The Labute approximate surface area is 166 Å². The molecule has 3 aromatic rings. The largest absolute Gasteiger partial charge is 0.573 e. The minimum Gasteiger partial charge on any atom is -0.494 e. The Morgan fingerprint density at radius 2 is 1.89 bits per heavy atom. The summed E-state index contributed by atoms with van der Waals surface area (Å²) in [5.41, 5.74) is 1.21. The summed E-state index contributed by atoms with van der Waals surface area (Å²) in [6.07, 6.45) is -4.75. The highest BCUT2D eigenvalue weighted by atomic mass is 32.2. The normalized spacial score (nSPS) is 11.4. The van der Waals surface area contributed by atoms with Gasteiger partial charge in [0.15, 0.2) is 4.34 Å². The number of alkyl halides is 3. The Balaban J connectivity index is 1.54. The van der Waals surface area contributed by atoms with Crippen molar-refractivity contribution in [3.63, 3.8) is 0 Å². The molecule has 5 nitrogen and oxygen atoms in total. The van der Waals surface area contributed by atoms with Crippen LogP contribution in [0.5, 0.6) is 11.5 Å². The number of amides is 1. The van der Waals surface area contributed by atoms with E-state index in [0.29, 0.717) is 12.3 Å². The van der Waals surface area contributed by atoms with E-state index in [1.54, 1.807) is 0 Å². The van der Waals surface area contributed by atoms with Crippen molar-refractivity contribution in [2.45, 2.75) is 17.6 Å². The van der Waals surface area contributed by atoms with Gasteiger partial charge in [-0.25, -0.2) is 4.98 Å². The van der Waals surface area contributed by atoms with Gasteiger partial charge < -0.3 is 14.8 Å². The molecule has 0 bridgehead atoms. The zero-order chi connectivity index (χ0) is 20.1. The molecule has 0 unspecified atom stereocenters. The molecule has 0 aliphatic rings. The van der Waals surface area contributed by atoms with E-state index in [9.17, 15) is 18.0 Å². The number of carbonyl (C=O) groups excluding carboxylic acids is 1. The van der Waals surface area contributed by atoms with Crippen molar-refractivity contribution in [3.8, 4) is 11.5 Å². The molecular formula is C18H15F3N2O3S2. The highest BCUT2D eigenvalue weighted by molar-refractivity contribution is 8.01. The molecule has 0 aliphatic carbocycles. The number of hydrogen-bond donors (Lipinski definition) is 1. The Morgan fingerprint density at radius 1 is 1.18 bits per heavy atom. The van der Waals surface area contributed by atoms with Gasteiger partial charge in [-0.2, -0.15) is 0 Å². The monoisotopic (exact) mass is 428 g/mol. The fraction of sp³-hybridized carbons (Fsp3) is 0.222. The molecule has 3 rings (SSSR count). The lowest BCUT2D eigenvalue weighted by molar-refractivity contribution is -0.274. The van der Waals surface area contributed by atoms with Crippen LogP contribution in [0, 0.1) is 0 Å². The van der Waals surface area contributed by atoms with Crippen molar-refractivity contribution in [1.82, 2.24) is 4.98 Å². The van der Waals surface area contributed by atoms with Crippen LogP contribution in [0.4, 0.5) is 18.9 Å². The second-order valence-corrected chi connectivity index (χ2v) is 7.70. The number of rotatable bonds is 7. The third-order valence-corrected chi connectivity index (χ3v) is 5.51. The SMILES string of the molecule is CCOc1ccc2nc(SCC(=O)Nc3ccc(OC(F)(F)F)cc3)sc2c1. The number of benzene rings is 2. The van der Waals surface area contributed by atoms with Crippen LogP contribution in [0.25, 0.3) is 10.2 Å². The van der Waals surface area contributed by atoms with Crippen molar-refractivity contribution in [2.24, 2.45) is 0 Å². The maximum atomic E-state index is 12.1. The van der Waals surface area contributed by atoms with Crippen LogP contribution in [0.2, 0.25) is 0 Å². The van der Waals surface area contributed by atoms with Gasteiger partial charge >= 0.3 is 6.36 Å². The highest BCUT2D eigenvalue weighted by Crippen LogP contribution is 2.32. The molecule has 0 saturated carbocycles. The van der Waals surface area contributed by atoms with Gasteiger partial charge in [0, 0.05) is 5.69 Å². The minimum absolute atomic E-state index is 0.124. The molecule has 0 radical (unpaired) electrons. The lowest BCUT2D eigenvalue weighted by atomic mass is 10.3. The maximum absolute atomic E-state index is 12.1. The Hall–Kier alpha value is -2.46. The second kappa shape index (κ2) is 8.70. The average molecular weight is 428 g/mol. The number of halogens is 3. The van der Waals surface area contributed by atoms with E-state index in [1.165, 1.54) is 35.2 Å². The van der Waals surface area contributed by atoms with Gasteiger partial charge in [-0.1, -0.05) is 11.8 Å². The minimum atomic E-state index is -4.75. The molecule has 1 amide bonds. The smallest absolute Gasteiger partial charge is 0.494 e. The third-order valence-electron chi connectivity index (χ3n) is 3.35. The lowest BCUT2D eigenvalue weighted by Crippen LogP contribution is -2.17. The molecule has 148 valence electrons. The molecular weight excluding hydrogens is 413 g/mol. The molecule has 10 heteroatoms. The summed E-state index contributed by atoms with van der Waals surface area (Å²) in [6, 6.07) is 10.6. The number of thiazole rings is 1. The first-order chi connectivity index (χ1) is 13.3. The van der Waals surface area contributed by atoms with E-state index < -0.39 is 6.36 Å². The maximum Gasteiger partial charge on any atom is 0.573 e. The summed E-state index contributed by atoms with van der Waals surface area (Å²) >= 11 is 2.75. The number of thioether (sulfide) groups is 1. The van der Waals surface area contributed by atoms with Gasteiger partial charge in [0.25, 0.3) is 0 Å². The summed E-state index contributed by atoms with van der Waals surface area (Å²) in [4.78, 5) is 16.5. The van der Waals surface area contributed by atoms with E-state index in [0.717, 1.165) is 32.4 Å². The van der Waals surface area contributed by atoms with E-state index >= 15 is 0 Å². The zero-order valence-electron chi connectivity index (χ0n) is 14.6. The number of carbonyl (C=O) groups is 1. The lowest BCUT2D eigenvalue weighted by Gasteiger charge is -2.09. The van der Waals surface area contributed by atoms with Gasteiger partial charge in [-0.05, 0) is 49.4 Å². The second-order valence-electron chi connectivity index (χ2n) is 5.45. The van der Waals surface area contributed by atoms with Crippen LogP contribution in [0.15, 0.2) is 46.8 Å². The first-order valence-electron chi connectivity index (χ1n) is 8.14. The predicted octanol–water partition coefficient (Wildman–Crippen LogP) is 5.32. The summed E-state index contributed by atoms with van der Waals surface area (Å²) < 4.78 is 47.4. The van der Waals surface area contributed by atoms with E-state index in [4.69, 9.17) is 4.74 Å². The molecule has 0 fully saturated rings. The molecule has 0 atom stereocenters. The first kappa shape index (κ1) is 20.3. The highest BCUT2D eigenvalue weighted by Gasteiger charge is 2.30. The molecule has 1 heterocycles. The van der Waals surface area contributed by atoms with Crippen LogP contribution in [0.3, 0.4) is 0 Å². The fourth-order valence-electron chi connectivity index (χ4n) is 2.27. The van der Waals surface area contributed by atoms with Crippen molar-refractivity contribution in [1.29, 1.82) is 0 Å². The van der Waals surface area contributed by atoms with Crippen molar-refractivity contribution in [2.75, 3.05) is 17.7 Å². The molecule has 0 saturated heterocycles. The number of aromatic nitrogens is 1. The number of anilines is 1. The topological polar surface area (TPSA) is 60.5 Å². The number of ether oxygens (including phenoxy) is 2. The quantitative estimate of drug-likeness (QED) is 0.516. The Bertz CT molecular complexity index is 959. The average Bonchev–Trinajstić information content (AvgIpc) is 3.03. The van der Waals surface area contributed by atoms with E-state index in [2.05, 4.69) is 15.0 Å². The fourth-order valence-corrected chi connectivity index (χ4v) is 4.16. The molecule has 1 aromatic heterocycles. The van der Waals surface area contributed by atoms with Crippen LogP contribution in [0.1, 0.15) is 6.92 Å². The Kier molecular flexibility index (Phi) is 6.30. The molecule has 0 aliphatic heterocycles. The summed E-state index contributed by atoms with van der Waals surface area (Å²) in [5, 5.41) is 2.62.